The predicted molar refractivity (Wildman–Crippen MR) is 146 cm³/mol. The van der Waals surface area contributed by atoms with E-state index in [-0.39, 0.29) is 51.2 Å². The number of likely N-dealkylation sites (tertiary alicyclic amines) is 1. The Hall–Kier alpha value is -4.01. The van der Waals surface area contributed by atoms with Crippen LogP contribution in [0.5, 0.6) is 0 Å². The second kappa shape index (κ2) is 10.6. The van der Waals surface area contributed by atoms with Crippen LogP contribution in [0, 0.1) is 11.7 Å². The first-order valence-electron chi connectivity index (χ1n) is 14.2. The van der Waals surface area contributed by atoms with Crippen molar-refractivity contribution in [3.05, 3.63) is 47.8 Å². The van der Waals surface area contributed by atoms with Gasteiger partial charge in [0.15, 0.2) is 0 Å². The molecule has 3 N–H and O–H groups in total. The maximum absolute atomic E-state index is 14.2. The second-order valence-corrected chi connectivity index (χ2v) is 13.8. The summed E-state index contributed by atoms with van der Waals surface area (Å²) in [5.41, 5.74) is -0.509. The fraction of sp³-hybridized carbons (Fsp3) is 0.536. The second-order valence-electron chi connectivity index (χ2n) is 11.8. The van der Waals surface area contributed by atoms with Crippen LogP contribution in [0.3, 0.4) is 0 Å². The number of hydrogen-bond donors (Lipinski definition) is 3. The highest BCUT2D eigenvalue weighted by Gasteiger charge is 2.62. The van der Waals surface area contributed by atoms with Gasteiger partial charge >= 0.3 is 6.09 Å². The Morgan fingerprint density at radius 1 is 1.16 bits per heavy atom. The first-order chi connectivity index (χ1) is 20.4. The smallest absolute Gasteiger partial charge is 0.410 e. The van der Waals surface area contributed by atoms with E-state index in [9.17, 15) is 36.8 Å². The third-order valence-corrected chi connectivity index (χ3v) is 10.7. The highest BCUT2D eigenvalue weighted by molar-refractivity contribution is 7.91. The first kappa shape index (κ1) is 29.1. The van der Waals surface area contributed by atoms with E-state index < -0.39 is 74.5 Å². The number of halogens is 1. The summed E-state index contributed by atoms with van der Waals surface area (Å²) < 4.78 is 46.9. The predicted octanol–water partition coefficient (Wildman–Crippen LogP) is 0.195. The van der Waals surface area contributed by atoms with Gasteiger partial charge in [0.25, 0.3) is 5.91 Å². The molecule has 15 heteroatoms. The molecule has 0 bridgehead atoms. The minimum absolute atomic E-state index is 0.0125. The van der Waals surface area contributed by atoms with E-state index in [2.05, 4.69) is 21.9 Å². The SMILES string of the molecule is C=C[C@@H]1C[C@]1(NC(=O)[C@@H]1C[C@@H](OC(=O)N2Cc3cccc(F)c3C2)CN1C(=O)[C@@H]1CCC(=O)N1)C(=O)NS(=O)(=O)C1CC1. The van der Waals surface area contributed by atoms with Gasteiger partial charge in [0.1, 0.15) is 29.5 Å². The van der Waals surface area contributed by atoms with Crippen LogP contribution in [0.1, 0.15) is 49.7 Å². The third-order valence-electron chi connectivity index (χ3n) is 8.84. The Morgan fingerprint density at radius 3 is 2.56 bits per heavy atom. The molecule has 2 saturated heterocycles. The standard InChI is InChI=1S/C28H32FN5O8S/c1-2-16-11-28(16,26(38)32-43(40,41)18-6-7-18)31-24(36)22-10-17(13-34(22)25(37)21-8-9-23(35)30-21)42-27(39)33-12-15-4-3-5-20(29)19(15)14-33/h2-5,16-18,21-22H,1,6-14H2,(H,30,35)(H,31,36)(H,32,38)/t16-,17-,21+,22+,28-/m1/s1. The Morgan fingerprint density at radius 2 is 1.93 bits per heavy atom. The number of carbonyl (C=O) groups excluding carboxylic acids is 5. The lowest BCUT2D eigenvalue weighted by Crippen LogP contribution is -2.57. The molecule has 43 heavy (non-hydrogen) atoms. The number of amides is 5. The van der Waals surface area contributed by atoms with Crippen LogP contribution in [-0.2, 0) is 47.0 Å². The number of hydrogen-bond acceptors (Lipinski definition) is 8. The molecule has 0 radical (unpaired) electrons. The molecule has 0 aromatic heterocycles. The Bertz CT molecular complexity index is 1530. The molecular formula is C28H32FN5O8S. The number of carbonyl (C=O) groups is 5. The number of sulfonamides is 1. The van der Waals surface area contributed by atoms with Gasteiger partial charge in [-0.3, -0.25) is 28.8 Å². The van der Waals surface area contributed by atoms with E-state index in [1.165, 1.54) is 21.9 Å². The normalized spacial score (nSPS) is 29.5. The first-order valence-corrected chi connectivity index (χ1v) is 15.8. The van der Waals surface area contributed by atoms with Crippen molar-refractivity contribution in [1.82, 2.24) is 25.2 Å². The lowest BCUT2D eigenvalue weighted by molar-refractivity contribution is -0.141. The molecule has 3 aliphatic heterocycles. The summed E-state index contributed by atoms with van der Waals surface area (Å²) in [6.45, 7) is 3.69. The van der Waals surface area contributed by atoms with Gasteiger partial charge in [-0.1, -0.05) is 18.2 Å². The third kappa shape index (κ3) is 5.45. The molecule has 0 unspecified atom stereocenters. The largest absolute Gasteiger partial charge is 0.444 e. The number of nitrogens with one attached hydrogen (secondary N) is 3. The van der Waals surface area contributed by atoms with Gasteiger partial charge < -0.3 is 20.3 Å². The summed E-state index contributed by atoms with van der Waals surface area (Å²) in [7, 11) is -3.88. The molecule has 2 aliphatic carbocycles. The zero-order chi connectivity index (χ0) is 30.7. The average Bonchev–Trinajstić information content (AvgIpc) is 3.78. The molecule has 5 amide bonds. The van der Waals surface area contributed by atoms with Crippen molar-refractivity contribution in [3.8, 4) is 0 Å². The van der Waals surface area contributed by atoms with Crippen LogP contribution in [-0.4, -0.2) is 83.5 Å². The van der Waals surface area contributed by atoms with Crippen LogP contribution in [0.4, 0.5) is 9.18 Å². The van der Waals surface area contributed by atoms with Crippen LogP contribution < -0.4 is 15.4 Å². The molecular weight excluding hydrogens is 585 g/mol. The van der Waals surface area contributed by atoms with Crippen molar-refractivity contribution >= 4 is 39.7 Å². The minimum Gasteiger partial charge on any atom is -0.444 e. The van der Waals surface area contributed by atoms with Crippen molar-refractivity contribution in [2.24, 2.45) is 5.92 Å². The lowest BCUT2D eigenvalue weighted by Gasteiger charge is -2.28. The highest BCUT2D eigenvalue weighted by Crippen LogP contribution is 2.45. The van der Waals surface area contributed by atoms with Crippen LogP contribution in [0.2, 0.25) is 0 Å². The molecule has 5 aliphatic rings. The van der Waals surface area contributed by atoms with Gasteiger partial charge in [-0.25, -0.2) is 17.6 Å². The molecule has 3 heterocycles. The molecule has 2 saturated carbocycles. The monoisotopic (exact) mass is 617 g/mol. The van der Waals surface area contributed by atoms with E-state index in [1.54, 1.807) is 12.1 Å². The van der Waals surface area contributed by atoms with E-state index in [1.807, 2.05) is 0 Å². The Balaban J connectivity index is 1.17. The van der Waals surface area contributed by atoms with Crippen LogP contribution in [0.25, 0.3) is 0 Å². The van der Waals surface area contributed by atoms with E-state index in [0.717, 1.165) is 0 Å². The fourth-order valence-electron chi connectivity index (χ4n) is 6.12. The average molecular weight is 618 g/mol. The minimum atomic E-state index is -3.88. The van der Waals surface area contributed by atoms with Crippen molar-refractivity contribution in [3.63, 3.8) is 0 Å². The molecule has 1 aromatic carbocycles. The molecule has 5 atom stereocenters. The molecule has 230 valence electrons. The van der Waals surface area contributed by atoms with Gasteiger partial charge in [-0.2, -0.15) is 0 Å². The van der Waals surface area contributed by atoms with Gasteiger partial charge in [0, 0.05) is 30.9 Å². The van der Waals surface area contributed by atoms with Crippen LogP contribution >= 0.6 is 0 Å². The number of benzene rings is 1. The Kier molecular flexibility index (Phi) is 7.18. The van der Waals surface area contributed by atoms with Crippen molar-refractivity contribution in [1.29, 1.82) is 0 Å². The molecule has 13 nitrogen and oxygen atoms in total. The summed E-state index contributed by atoms with van der Waals surface area (Å²) in [4.78, 5) is 67.7. The van der Waals surface area contributed by atoms with Crippen LogP contribution in [0.15, 0.2) is 30.9 Å². The topological polar surface area (TPSA) is 171 Å². The number of fused-ring (bicyclic) bond motifs is 1. The van der Waals surface area contributed by atoms with Gasteiger partial charge in [0.05, 0.1) is 18.3 Å². The van der Waals surface area contributed by atoms with E-state index in [4.69, 9.17) is 4.74 Å². The number of rotatable bonds is 8. The molecule has 6 rings (SSSR count). The summed E-state index contributed by atoms with van der Waals surface area (Å²) in [6.07, 6.45) is 1.10. The number of nitrogens with zero attached hydrogens (tertiary/aromatic N) is 2. The summed E-state index contributed by atoms with van der Waals surface area (Å²) in [5, 5.41) is 4.60. The zero-order valence-electron chi connectivity index (χ0n) is 23.2. The molecule has 0 spiro atoms. The van der Waals surface area contributed by atoms with Crippen molar-refractivity contribution in [2.75, 3.05) is 6.54 Å². The Labute approximate surface area is 247 Å². The maximum Gasteiger partial charge on any atom is 0.410 e. The fourth-order valence-corrected chi connectivity index (χ4v) is 7.48. The molecule has 4 fully saturated rings. The summed E-state index contributed by atoms with van der Waals surface area (Å²) >= 11 is 0. The number of ether oxygens (including phenoxy) is 1. The summed E-state index contributed by atoms with van der Waals surface area (Å²) in [6, 6.07) is 2.54. The van der Waals surface area contributed by atoms with E-state index in [0.29, 0.717) is 24.0 Å². The van der Waals surface area contributed by atoms with E-state index >= 15 is 0 Å². The van der Waals surface area contributed by atoms with Crippen molar-refractivity contribution < 1.29 is 41.5 Å². The molecule has 1 aromatic rings. The zero-order valence-corrected chi connectivity index (χ0v) is 24.0. The lowest BCUT2D eigenvalue weighted by atomic mass is 10.1. The quantitative estimate of drug-likeness (QED) is 0.347. The van der Waals surface area contributed by atoms with Gasteiger partial charge in [0.2, 0.25) is 27.7 Å². The summed E-state index contributed by atoms with van der Waals surface area (Å²) in [5.74, 6) is -3.40. The maximum atomic E-state index is 14.2. The van der Waals surface area contributed by atoms with Crippen molar-refractivity contribution in [2.45, 2.75) is 80.6 Å². The van der Waals surface area contributed by atoms with Gasteiger partial charge in [-0.05, 0) is 37.3 Å². The van der Waals surface area contributed by atoms with Gasteiger partial charge in [-0.15, -0.1) is 6.58 Å². The highest BCUT2D eigenvalue weighted by atomic mass is 32.2.